The number of anilines is 2. The molecule has 0 spiro atoms. The minimum atomic E-state index is 0.691. The zero-order valence-corrected chi connectivity index (χ0v) is 11.2. The van der Waals surface area contributed by atoms with E-state index in [9.17, 15) is 0 Å². The third kappa shape index (κ3) is 2.85. The molecule has 0 aromatic heterocycles. The molecule has 0 saturated heterocycles. The molecular formula is C15H14N2S. The largest absolute Gasteiger partial charge is 0.355 e. The second kappa shape index (κ2) is 5.61. The van der Waals surface area contributed by atoms with E-state index in [1.807, 2.05) is 25.1 Å². The number of rotatable bonds is 3. The average Bonchev–Trinajstić information content (AvgIpc) is 2.42. The van der Waals surface area contributed by atoms with Crippen LogP contribution in [-0.2, 0) is 0 Å². The van der Waals surface area contributed by atoms with Gasteiger partial charge in [-0.2, -0.15) is 5.26 Å². The summed E-state index contributed by atoms with van der Waals surface area (Å²) in [6.07, 6.45) is 2.06. The molecule has 0 bridgehead atoms. The van der Waals surface area contributed by atoms with Crippen LogP contribution in [0.25, 0.3) is 0 Å². The summed E-state index contributed by atoms with van der Waals surface area (Å²) >= 11 is 1.73. The zero-order chi connectivity index (χ0) is 13.0. The van der Waals surface area contributed by atoms with Crippen molar-refractivity contribution in [2.75, 3.05) is 11.6 Å². The highest BCUT2D eigenvalue weighted by atomic mass is 32.2. The van der Waals surface area contributed by atoms with Crippen molar-refractivity contribution in [3.05, 3.63) is 53.6 Å². The van der Waals surface area contributed by atoms with Gasteiger partial charge in [-0.1, -0.05) is 0 Å². The van der Waals surface area contributed by atoms with E-state index < -0.39 is 0 Å². The van der Waals surface area contributed by atoms with Crippen LogP contribution in [0.4, 0.5) is 11.4 Å². The molecule has 2 rings (SSSR count). The summed E-state index contributed by atoms with van der Waals surface area (Å²) in [5, 5.41) is 12.2. The highest BCUT2D eigenvalue weighted by molar-refractivity contribution is 7.98. The molecule has 0 radical (unpaired) electrons. The van der Waals surface area contributed by atoms with Crippen LogP contribution in [0.5, 0.6) is 0 Å². The minimum Gasteiger partial charge on any atom is -0.355 e. The molecule has 0 aliphatic rings. The predicted molar refractivity (Wildman–Crippen MR) is 77.4 cm³/mol. The van der Waals surface area contributed by atoms with Crippen molar-refractivity contribution < 1.29 is 0 Å². The first-order chi connectivity index (χ1) is 8.72. The quantitative estimate of drug-likeness (QED) is 0.828. The SMILES string of the molecule is CSc1ccc(Nc2ccc(C#N)cc2C)cc1. The number of nitrogens with one attached hydrogen (secondary N) is 1. The highest BCUT2D eigenvalue weighted by Gasteiger charge is 2.00. The third-order valence-electron chi connectivity index (χ3n) is 2.72. The number of thioether (sulfide) groups is 1. The monoisotopic (exact) mass is 254 g/mol. The van der Waals surface area contributed by atoms with E-state index >= 15 is 0 Å². The molecule has 0 saturated carbocycles. The molecule has 2 aromatic carbocycles. The van der Waals surface area contributed by atoms with Crippen LogP contribution in [0.2, 0.25) is 0 Å². The Kier molecular flexibility index (Phi) is 3.91. The summed E-state index contributed by atoms with van der Waals surface area (Å²) in [6, 6.07) is 16.1. The van der Waals surface area contributed by atoms with Crippen LogP contribution in [0.1, 0.15) is 11.1 Å². The lowest BCUT2D eigenvalue weighted by molar-refractivity contribution is 1.39. The van der Waals surface area contributed by atoms with Crippen LogP contribution in [0.3, 0.4) is 0 Å². The molecule has 0 aliphatic carbocycles. The Balaban J connectivity index is 2.20. The minimum absolute atomic E-state index is 0.691. The molecule has 1 N–H and O–H groups in total. The lowest BCUT2D eigenvalue weighted by atomic mass is 10.1. The van der Waals surface area contributed by atoms with Crippen molar-refractivity contribution in [2.24, 2.45) is 0 Å². The van der Waals surface area contributed by atoms with Gasteiger partial charge in [0.1, 0.15) is 0 Å². The van der Waals surface area contributed by atoms with Crippen molar-refractivity contribution in [1.29, 1.82) is 5.26 Å². The summed E-state index contributed by atoms with van der Waals surface area (Å²) in [5.41, 5.74) is 3.85. The molecule has 0 fully saturated rings. The molecule has 0 atom stereocenters. The lowest BCUT2D eigenvalue weighted by Gasteiger charge is -2.10. The fourth-order valence-corrected chi connectivity index (χ4v) is 2.11. The van der Waals surface area contributed by atoms with E-state index in [0.717, 1.165) is 16.9 Å². The maximum Gasteiger partial charge on any atom is 0.0991 e. The smallest absolute Gasteiger partial charge is 0.0991 e. The van der Waals surface area contributed by atoms with E-state index in [1.54, 1.807) is 11.8 Å². The van der Waals surface area contributed by atoms with Crippen molar-refractivity contribution >= 4 is 23.1 Å². The first kappa shape index (κ1) is 12.5. The van der Waals surface area contributed by atoms with Gasteiger partial charge in [-0.25, -0.2) is 0 Å². The number of aryl methyl sites for hydroxylation is 1. The lowest BCUT2D eigenvalue weighted by Crippen LogP contribution is -1.93. The van der Waals surface area contributed by atoms with Crippen molar-refractivity contribution in [2.45, 2.75) is 11.8 Å². The van der Waals surface area contributed by atoms with Gasteiger partial charge in [0, 0.05) is 16.3 Å². The van der Waals surface area contributed by atoms with Crippen LogP contribution in [0.15, 0.2) is 47.4 Å². The molecule has 2 nitrogen and oxygen atoms in total. The van der Waals surface area contributed by atoms with Gasteiger partial charge in [0.25, 0.3) is 0 Å². The fraction of sp³-hybridized carbons (Fsp3) is 0.133. The molecule has 0 amide bonds. The number of benzene rings is 2. The van der Waals surface area contributed by atoms with Gasteiger partial charge in [0.15, 0.2) is 0 Å². The topological polar surface area (TPSA) is 35.8 Å². The van der Waals surface area contributed by atoms with E-state index in [1.165, 1.54) is 4.90 Å². The fourth-order valence-electron chi connectivity index (χ4n) is 1.70. The molecule has 0 aliphatic heterocycles. The predicted octanol–water partition coefficient (Wildman–Crippen LogP) is 4.33. The second-order valence-corrected chi connectivity index (χ2v) is 4.87. The normalized spacial score (nSPS) is 9.83. The first-order valence-corrected chi connectivity index (χ1v) is 6.87. The van der Waals surface area contributed by atoms with E-state index in [4.69, 9.17) is 5.26 Å². The molecule has 0 heterocycles. The molecule has 3 heteroatoms. The summed E-state index contributed by atoms with van der Waals surface area (Å²) in [7, 11) is 0. The maximum atomic E-state index is 8.83. The van der Waals surface area contributed by atoms with Crippen LogP contribution < -0.4 is 5.32 Å². The highest BCUT2D eigenvalue weighted by Crippen LogP contribution is 2.23. The third-order valence-corrected chi connectivity index (χ3v) is 3.47. The van der Waals surface area contributed by atoms with Gasteiger partial charge in [-0.05, 0) is 61.2 Å². The van der Waals surface area contributed by atoms with Gasteiger partial charge in [-0.3, -0.25) is 0 Å². The van der Waals surface area contributed by atoms with Gasteiger partial charge in [-0.15, -0.1) is 11.8 Å². The standard InChI is InChI=1S/C15H14N2S/c1-11-9-12(10-16)3-8-15(11)17-13-4-6-14(18-2)7-5-13/h3-9,17H,1-2H3. The van der Waals surface area contributed by atoms with Crippen LogP contribution in [-0.4, -0.2) is 6.26 Å². The molecular weight excluding hydrogens is 240 g/mol. The van der Waals surface area contributed by atoms with Crippen molar-refractivity contribution in [3.63, 3.8) is 0 Å². The van der Waals surface area contributed by atoms with Gasteiger partial charge >= 0.3 is 0 Å². The number of hydrogen-bond acceptors (Lipinski definition) is 3. The number of hydrogen-bond donors (Lipinski definition) is 1. The van der Waals surface area contributed by atoms with Gasteiger partial charge < -0.3 is 5.32 Å². The maximum absolute atomic E-state index is 8.83. The number of nitriles is 1. The second-order valence-electron chi connectivity index (χ2n) is 4.00. The summed E-state index contributed by atoms with van der Waals surface area (Å²) in [6.45, 7) is 2.00. The van der Waals surface area contributed by atoms with Crippen LogP contribution >= 0.6 is 11.8 Å². The first-order valence-electron chi connectivity index (χ1n) is 5.65. The van der Waals surface area contributed by atoms with Crippen LogP contribution in [0, 0.1) is 18.3 Å². The van der Waals surface area contributed by atoms with E-state index in [0.29, 0.717) is 5.56 Å². The Hall–Kier alpha value is -1.92. The average molecular weight is 254 g/mol. The Labute approximate surface area is 112 Å². The Morgan fingerprint density at radius 3 is 2.39 bits per heavy atom. The Bertz CT molecular complexity index is 582. The van der Waals surface area contributed by atoms with Crippen molar-refractivity contribution in [1.82, 2.24) is 0 Å². The molecule has 18 heavy (non-hydrogen) atoms. The number of nitrogens with zero attached hydrogens (tertiary/aromatic N) is 1. The summed E-state index contributed by atoms with van der Waals surface area (Å²) in [4.78, 5) is 1.25. The summed E-state index contributed by atoms with van der Waals surface area (Å²) in [5.74, 6) is 0. The van der Waals surface area contributed by atoms with Gasteiger partial charge in [0.2, 0.25) is 0 Å². The van der Waals surface area contributed by atoms with Crippen molar-refractivity contribution in [3.8, 4) is 6.07 Å². The molecule has 0 unspecified atom stereocenters. The molecule has 90 valence electrons. The van der Waals surface area contributed by atoms with E-state index in [2.05, 4.69) is 41.9 Å². The summed E-state index contributed by atoms with van der Waals surface area (Å²) < 4.78 is 0. The zero-order valence-electron chi connectivity index (χ0n) is 10.4. The Morgan fingerprint density at radius 1 is 1.11 bits per heavy atom. The van der Waals surface area contributed by atoms with Gasteiger partial charge in [0.05, 0.1) is 11.6 Å². The van der Waals surface area contributed by atoms with E-state index in [-0.39, 0.29) is 0 Å². The molecule has 2 aromatic rings. The Morgan fingerprint density at radius 2 is 1.83 bits per heavy atom.